The summed E-state index contributed by atoms with van der Waals surface area (Å²) in [5, 5.41) is 0. The molecule has 0 aliphatic heterocycles. The molecule has 0 saturated carbocycles. The predicted octanol–water partition coefficient (Wildman–Crippen LogP) is 3.55. The topological polar surface area (TPSA) is 52.0 Å². The summed E-state index contributed by atoms with van der Waals surface area (Å²) in [6.07, 6.45) is -4.50. The van der Waals surface area contributed by atoms with Crippen molar-refractivity contribution in [1.29, 1.82) is 0 Å². The molecule has 6 heteroatoms. The first-order chi connectivity index (χ1) is 7.79. The van der Waals surface area contributed by atoms with Gasteiger partial charge in [-0.1, -0.05) is 13.8 Å². The van der Waals surface area contributed by atoms with Crippen molar-refractivity contribution >= 4 is 16.8 Å². The molecule has 1 aromatic carbocycles. The van der Waals surface area contributed by atoms with E-state index in [-0.39, 0.29) is 28.6 Å². The third-order valence-electron chi connectivity index (χ3n) is 2.33. The van der Waals surface area contributed by atoms with E-state index >= 15 is 0 Å². The molecule has 0 atom stereocenters. The number of nitrogen functional groups attached to an aromatic ring is 1. The maximum atomic E-state index is 12.8. The van der Waals surface area contributed by atoms with Crippen LogP contribution < -0.4 is 5.73 Å². The lowest BCUT2D eigenvalue weighted by molar-refractivity contribution is -0.136. The van der Waals surface area contributed by atoms with Gasteiger partial charge in [-0.15, -0.1) is 0 Å². The summed E-state index contributed by atoms with van der Waals surface area (Å²) in [5.41, 5.74) is 4.45. The van der Waals surface area contributed by atoms with Crippen molar-refractivity contribution in [2.75, 3.05) is 5.73 Å². The van der Waals surface area contributed by atoms with Crippen molar-refractivity contribution in [3.05, 3.63) is 23.6 Å². The van der Waals surface area contributed by atoms with Gasteiger partial charge in [0.15, 0.2) is 11.5 Å². The molecule has 0 saturated heterocycles. The van der Waals surface area contributed by atoms with E-state index in [4.69, 9.17) is 10.2 Å². The van der Waals surface area contributed by atoms with Crippen molar-refractivity contribution < 1.29 is 17.6 Å². The maximum Gasteiger partial charge on any atom is 0.420 e. The van der Waals surface area contributed by atoms with Crippen LogP contribution in [0.2, 0.25) is 0 Å². The summed E-state index contributed by atoms with van der Waals surface area (Å²) < 4.78 is 43.4. The van der Waals surface area contributed by atoms with E-state index in [1.165, 1.54) is 6.07 Å². The fourth-order valence-corrected chi connectivity index (χ4v) is 1.53. The molecule has 0 unspecified atom stereocenters. The number of rotatable bonds is 1. The molecule has 1 heterocycles. The molecule has 1 aromatic heterocycles. The Morgan fingerprint density at radius 1 is 1.29 bits per heavy atom. The Morgan fingerprint density at radius 3 is 2.47 bits per heavy atom. The molecule has 0 bridgehead atoms. The summed E-state index contributed by atoms with van der Waals surface area (Å²) in [6, 6.07) is 2.23. The highest BCUT2D eigenvalue weighted by atomic mass is 19.4. The van der Waals surface area contributed by atoms with Gasteiger partial charge in [-0.2, -0.15) is 13.2 Å². The van der Waals surface area contributed by atoms with Gasteiger partial charge in [0, 0.05) is 11.6 Å². The molecule has 0 radical (unpaired) electrons. The van der Waals surface area contributed by atoms with E-state index in [1.807, 2.05) is 0 Å². The Hall–Kier alpha value is -1.72. The SMILES string of the molecule is CC(C)c1nc2cc(N)cc(C(F)(F)F)c2o1. The van der Waals surface area contributed by atoms with Gasteiger partial charge >= 0.3 is 6.18 Å². The minimum atomic E-state index is -4.50. The molecule has 92 valence electrons. The maximum absolute atomic E-state index is 12.8. The third-order valence-corrected chi connectivity index (χ3v) is 2.33. The Labute approximate surface area is 95.4 Å². The summed E-state index contributed by atoms with van der Waals surface area (Å²) in [4.78, 5) is 4.00. The van der Waals surface area contributed by atoms with Crippen LogP contribution >= 0.6 is 0 Å². The molecule has 2 N–H and O–H groups in total. The molecule has 0 aliphatic carbocycles. The zero-order valence-corrected chi connectivity index (χ0v) is 9.30. The number of nitrogens with two attached hydrogens (primary N) is 1. The minimum absolute atomic E-state index is 0.0217. The standard InChI is InChI=1S/C11H11F3N2O/c1-5(2)10-16-8-4-6(15)3-7(9(8)17-10)11(12,13)14/h3-5H,15H2,1-2H3. The molecular formula is C11H11F3N2O. The quantitative estimate of drug-likeness (QED) is 0.780. The van der Waals surface area contributed by atoms with Crippen LogP contribution in [0.5, 0.6) is 0 Å². The first kappa shape index (κ1) is 11.8. The van der Waals surface area contributed by atoms with Gasteiger partial charge in [-0.25, -0.2) is 4.98 Å². The Kier molecular flexibility index (Phi) is 2.52. The Balaban J connectivity index is 2.75. The number of hydrogen-bond donors (Lipinski definition) is 1. The molecule has 2 aromatic rings. The number of fused-ring (bicyclic) bond motifs is 1. The highest BCUT2D eigenvalue weighted by Gasteiger charge is 2.35. The average molecular weight is 244 g/mol. The molecule has 0 amide bonds. The second-order valence-electron chi connectivity index (χ2n) is 4.12. The highest BCUT2D eigenvalue weighted by Crippen LogP contribution is 2.37. The van der Waals surface area contributed by atoms with E-state index in [0.717, 1.165) is 6.07 Å². The predicted molar refractivity (Wildman–Crippen MR) is 57.5 cm³/mol. The number of halogens is 3. The van der Waals surface area contributed by atoms with Gasteiger partial charge < -0.3 is 10.2 Å². The van der Waals surface area contributed by atoms with Crippen molar-refractivity contribution in [1.82, 2.24) is 4.98 Å². The van der Waals surface area contributed by atoms with Crippen molar-refractivity contribution in [3.8, 4) is 0 Å². The molecule has 17 heavy (non-hydrogen) atoms. The van der Waals surface area contributed by atoms with Gasteiger partial charge in [0.2, 0.25) is 0 Å². The molecule has 0 spiro atoms. The summed E-state index contributed by atoms with van der Waals surface area (Å²) in [5.74, 6) is 0.195. The van der Waals surface area contributed by atoms with Gasteiger partial charge in [-0.3, -0.25) is 0 Å². The summed E-state index contributed by atoms with van der Waals surface area (Å²) >= 11 is 0. The molecule has 0 fully saturated rings. The van der Waals surface area contributed by atoms with E-state index in [1.54, 1.807) is 13.8 Å². The zero-order chi connectivity index (χ0) is 12.8. The van der Waals surface area contributed by atoms with Crippen LogP contribution in [0, 0.1) is 0 Å². The zero-order valence-electron chi connectivity index (χ0n) is 9.30. The number of alkyl halides is 3. The number of anilines is 1. The third kappa shape index (κ3) is 2.07. The number of aromatic nitrogens is 1. The van der Waals surface area contributed by atoms with Crippen LogP contribution in [0.1, 0.15) is 31.2 Å². The lowest BCUT2D eigenvalue weighted by Gasteiger charge is -2.07. The summed E-state index contributed by atoms with van der Waals surface area (Å²) in [6.45, 7) is 3.59. The van der Waals surface area contributed by atoms with Crippen molar-refractivity contribution in [2.45, 2.75) is 25.9 Å². The van der Waals surface area contributed by atoms with Crippen LogP contribution in [0.25, 0.3) is 11.1 Å². The largest absolute Gasteiger partial charge is 0.440 e. The van der Waals surface area contributed by atoms with Gasteiger partial charge in [0.1, 0.15) is 11.1 Å². The molecular weight excluding hydrogens is 233 g/mol. The monoisotopic (exact) mass is 244 g/mol. The van der Waals surface area contributed by atoms with Gasteiger partial charge in [0.25, 0.3) is 0 Å². The van der Waals surface area contributed by atoms with E-state index in [9.17, 15) is 13.2 Å². The van der Waals surface area contributed by atoms with Crippen LogP contribution in [0.3, 0.4) is 0 Å². The van der Waals surface area contributed by atoms with E-state index < -0.39 is 11.7 Å². The Bertz CT molecular complexity index is 558. The van der Waals surface area contributed by atoms with Gasteiger partial charge in [0.05, 0.1) is 0 Å². The normalized spacial score (nSPS) is 12.6. The second kappa shape index (κ2) is 3.65. The fourth-order valence-electron chi connectivity index (χ4n) is 1.53. The Morgan fingerprint density at radius 2 is 1.94 bits per heavy atom. The molecule has 0 aliphatic rings. The number of hydrogen-bond acceptors (Lipinski definition) is 3. The minimum Gasteiger partial charge on any atom is -0.440 e. The van der Waals surface area contributed by atoms with Crippen molar-refractivity contribution in [2.24, 2.45) is 0 Å². The number of nitrogens with zero attached hydrogens (tertiary/aromatic N) is 1. The highest BCUT2D eigenvalue weighted by molar-refractivity contribution is 5.81. The fraction of sp³-hybridized carbons (Fsp3) is 0.364. The van der Waals surface area contributed by atoms with Crippen LogP contribution in [0.15, 0.2) is 16.5 Å². The number of benzene rings is 1. The van der Waals surface area contributed by atoms with E-state index in [2.05, 4.69) is 4.98 Å². The van der Waals surface area contributed by atoms with E-state index in [0.29, 0.717) is 0 Å². The van der Waals surface area contributed by atoms with Crippen LogP contribution in [0.4, 0.5) is 18.9 Å². The lowest BCUT2D eigenvalue weighted by atomic mass is 10.1. The first-order valence-electron chi connectivity index (χ1n) is 5.06. The van der Waals surface area contributed by atoms with Crippen molar-refractivity contribution in [3.63, 3.8) is 0 Å². The lowest BCUT2D eigenvalue weighted by Crippen LogP contribution is -2.06. The van der Waals surface area contributed by atoms with Crippen LogP contribution in [-0.2, 0) is 6.18 Å². The second-order valence-corrected chi connectivity index (χ2v) is 4.12. The molecule has 2 rings (SSSR count). The summed E-state index contributed by atoms with van der Waals surface area (Å²) in [7, 11) is 0. The van der Waals surface area contributed by atoms with Crippen LogP contribution in [-0.4, -0.2) is 4.98 Å². The average Bonchev–Trinajstić information content (AvgIpc) is 2.58. The first-order valence-corrected chi connectivity index (χ1v) is 5.06. The van der Waals surface area contributed by atoms with Gasteiger partial charge in [-0.05, 0) is 12.1 Å². The molecule has 3 nitrogen and oxygen atoms in total. The number of oxazole rings is 1. The smallest absolute Gasteiger partial charge is 0.420 e.